The SMILES string of the molecule is C=C/C(O)=C(\C=C\C(CC(C)C)C(C)(C)C)C(C)=O.CC. The molecule has 21 heavy (non-hydrogen) atoms. The van der Waals surface area contributed by atoms with Crippen LogP contribution in [-0.4, -0.2) is 10.9 Å². The number of hydrogen-bond acceptors (Lipinski definition) is 2. The van der Waals surface area contributed by atoms with Crippen molar-refractivity contribution >= 4 is 5.78 Å². The van der Waals surface area contributed by atoms with Crippen LogP contribution in [-0.2, 0) is 4.79 Å². The maximum absolute atomic E-state index is 11.5. The summed E-state index contributed by atoms with van der Waals surface area (Å²) in [6.45, 7) is 19.9. The molecule has 0 aliphatic carbocycles. The van der Waals surface area contributed by atoms with E-state index in [0.29, 0.717) is 17.4 Å². The first-order valence-corrected chi connectivity index (χ1v) is 7.84. The zero-order valence-electron chi connectivity index (χ0n) is 15.2. The Morgan fingerprint density at radius 1 is 1.24 bits per heavy atom. The van der Waals surface area contributed by atoms with Gasteiger partial charge in [-0.05, 0) is 36.7 Å². The van der Waals surface area contributed by atoms with Crippen LogP contribution in [0.3, 0.4) is 0 Å². The molecule has 0 rings (SSSR count). The summed E-state index contributed by atoms with van der Waals surface area (Å²) in [5, 5.41) is 9.68. The van der Waals surface area contributed by atoms with E-state index in [1.165, 1.54) is 13.0 Å². The molecule has 0 aliphatic heterocycles. The second-order valence-corrected chi connectivity index (χ2v) is 6.52. The van der Waals surface area contributed by atoms with Crippen molar-refractivity contribution in [3.05, 3.63) is 36.1 Å². The minimum Gasteiger partial charge on any atom is -0.507 e. The monoisotopic (exact) mass is 294 g/mol. The number of aliphatic hydroxyl groups is 1. The van der Waals surface area contributed by atoms with E-state index < -0.39 is 0 Å². The Balaban J connectivity index is 0. The average molecular weight is 294 g/mol. The fourth-order valence-corrected chi connectivity index (χ4v) is 1.93. The molecule has 1 atom stereocenters. The highest BCUT2D eigenvalue weighted by molar-refractivity contribution is 5.96. The fraction of sp³-hybridized carbons (Fsp3) is 0.632. The van der Waals surface area contributed by atoms with Crippen molar-refractivity contribution in [3.63, 3.8) is 0 Å². The minimum atomic E-state index is -0.147. The molecule has 0 fully saturated rings. The van der Waals surface area contributed by atoms with E-state index in [0.717, 1.165) is 6.42 Å². The summed E-state index contributed by atoms with van der Waals surface area (Å²) in [6, 6.07) is 0. The van der Waals surface area contributed by atoms with Crippen LogP contribution in [0.25, 0.3) is 0 Å². The predicted octanol–water partition coefficient (Wildman–Crippen LogP) is 5.86. The highest BCUT2D eigenvalue weighted by Gasteiger charge is 2.23. The van der Waals surface area contributed by atoms with E-state index in [2.05, 4.69) is 41.2 Å². The summed E-state index contributed by atoms with van der Waals surface area (Å²) in [5.41, 5.74) is 0.458. The number of carbonyl (C=O) groups excluding carboxylic acids is 1. The van der Waals surface area contributed by atoms with Gasteiger partial charge in [0, 0.05) is 0 Å². The molecule has 122 valence electrons. The molecule has 0 saturated heterocycles. The van der Waals surface area contributed by atoms with Gasteiger partial charge in [-0.15, -0.1) is 0 Å². The first-order valence-electron chi connectivity index (χ1n) is 7.84. The van der Waals surface area contributed by atoms with Gasteiger partial charge >= 0.3 is 0 Å². The normalized spacial score (nSPS) is 14.3. The van der Waals surface area contributed by atoms with E-state index in [4.69, 9.17) is 0 Å². The fourth-order valence-electron chi connectivity index (χ4n) is 1.93. The number of carbonyl (C=O) groups is 1. The van der Waals surface area contributed by atoms with Crippen molar-refractivity contribution in [3.8, 4) is 0 Å². The Bertz CT molecular complexity index is 379. The van der Waals surface area contributed by atoms with Gasteiger partial charge < -0.3 is 5.11 Å². The van der Waals surface area contributed by atoms with E-state index in [1.807, 2.05) is 19.9 Å². The lowest BCUT2D eigenvalue weighted by Crippen LogP contribution is -2.20. The molecule has 0 heterocycles. The lowest BCUT2D eigenvalue weighted by Gasteiger charge is -2.29. The van der Waals surface area contributed by atoms with Crippen LogP contribution in [0.5, 0.6) is 0 Å². The van der Waals surface area contributed by atoms with Crippen molar-refractivity contribution in [2.75, 3.05) is 0 Å². The quantitative estimate of drug-likeness (QED) is 0.378. The topological polar surface area (TPSA) is 37.3 Å². The van der Waals surface area contributed by atoms with Gasteiger partial charge in [0.05, 0.1) is 5.57 Å². The summed E-state index contributed by atoms with van der Waals surface area (Å²) in [4.78, 5) is 11.5. The summed E-state index contributed by atoms with van der Waals surface area (Å²) >= 11 is 0. The molecule has 0 amide bonds. The first-order chi connectivity index (χ1) is 9.59. The number of ketones is 1. The molecule has 0 aromatic rings. The van der Waals surface area contributed by atoms with Crippen LogP contribution in [0.4, 0.5) is 0 Å². The summed E-state index contributed by atoms with van der Waals surface area (Å²) in [5.74, 6) is 0.748. The molecule has 2 heteroatoms. The Morgan fingerprint density at radius 2 is 1.71 bits per heavy atom. The Kier molecular flexibility index (Phi) is 10.9. The van der Waals surface area contributed by atoms with Crippen molar-refractivity contribution in [1.82, 2.24) is 0 Å². The van der Waals surface area contributed by atoms with Crippen molar-refractivity contribution in [1.29, 1.82) is 0 Å². The smallest absolute Gasteiger partial charge is 0.163 e. The van der Waals surface area contributed by atoms with Crippen LogP contribution < -0.4 is 0 Å². The largest absolute Gasteiger partial charge is 0.507 e. The third-order valence-electron chi connectivity index (χ3n) is 3.18. The number of allylic oxidation sites excluding steroid dienone is 4. The number of Topliss-reactive ketones (excluding diaryl/α,β-unsaturated/α-hetero) is 1. The van der Waals surface area contributed by atoms with Crippen molar-refractivity contribution in [2.45, 2.75) is 61.8 Å². The second kappa shape index (κ2) is 10.4. The highest BCUT2D eigenvalue weighted by atomic mass is 16.3. The van der Waals surface area contributed by atoms with E-state index in [1.54, 1.807) is 6.08 Å². The van der Waals surface area contributed by atoms with E-state index in [9.17, 15) is 9.90 Å². The molecule has 0 radical (unpaired) electrons. The summed E-state index contributed by atoms with van der Waals surface area (Å²) in [6.07, 6.45) is 6.13. The van der Waals surface area contributed by atoms with Crippen LogP contribution in [0.1, 0.15) is 61.8 Å². The van der Waals surface area contributed by atoms with Crippen LogP contribution >= 0.6 is 0 Å². The van der Waals surface area contributed by atoms with Gasteiger partial charge in [0.2, 0.25) is 0 Å². The highest BCUT2D eigenvalue weighted by Crippen LogP contribution is 2.32. The molecular weight excluding hydrogens is 260 g/mol. The Labute approximate surface area is 131 Å². The lowest BCUT2D eigenvalue weighted by molar-refractivity contribution is -0.113. The summed E-state index contributed by atoms with van der Waals surface area (Å²) < 4.78 is 0. The number of hydrogen-bond donors (Lipinski definition) is 1. The standard InChI is InChI=1S/C17H28O2.C2H6/c1-8-16(19)15(13(4)18)10-9-14(11-12(2)3)17(5,6)7;1-2/h8-10,12,14,19H,1,11H2,2-7H3;1-2H3/b10-9+,16-15-;. The number of aliphatic hydroxyl groups excluding tert-OH is 1. The van der Waals surface area contributed by atoms with Gasteiger partial charge in [-0.3, -0.25) is 4.79 Å². The van der Waals surface area contributed by atoms with E-state index in [-0.39, 0.29) is 17.0 Å². The first kappa shape index (κ1) is 22.0. The Hall–Kier alpha value is -1.31. The van der Waals surface area contributed by atoms with Crippen LogP contribution in [0.2, 0.25) is 0 Å². The molecule has 0 aromatic heterocycles. The van der Waals surface area contributed by atoms with Gasteiger partial charge in [-0.25, -0.2) is 0 Å². The van der Waals surface area contributed by atoms with Gasteiger partial charge in [-0.1, -0.05) is 67.2 Å². The van der Waals surface area contributed by atoms with Gasteiger partial charge in [0.25, 0.3) is 0 Å². The van der Waals surface area contributed by atoms with E-state index >= 15 is 0 Å². The third kappa shape index (κ3) is 9.28. The maximum atomic E-state index is 11.5. The van der Waals surface area contributed by atoms with Crippen molar-refractivity contribution in [2.24, 2.45) is 17.3 Å². The molecule has 0 bridgehead atoms. The average Bonchev–Trinajstić information content (AvgIpc) is 2.37. The third-order valence-corrected chi connectivity index (χ3v) is 3.18. The maximum Gasteiger partial charge on any atom is 0.163 e. The summed E-state index contributed by atoms with van der Waals surface area (Å²) in [7, 11) is 0. The molecule has 2 nitrogen and oxygen atoms in total. The molecule has 0 aromatic carbocycles. The van der Waals surface area contributed by atoms with Crippen LogP contribution in [0.15, 0.2) is 36.1 Å². The lowest BCUT2D eigenvalue weighted by atomic mass is 9.76. The predicted molar refractivity (Wildman–Crippen MR) is 93.4 cm³/mol. The molecule has 0 aliphatic rings. The molecular formula is C19H34O2. The molecule has 1 N–H and O–H groups in total. The number of rotatable bonds is 6. The van der Waals surface area contributed by atoms with Gasteiger partial charge in [0.15, 0.2) is 5.78 Å². The molecule has 1 unspecified atom stereocenters. The Morgan fingerprint density at radius 3 is 2.00 bits per heavy atom. The molecule has 0 spiro atoms. The van der Waals surface area contributed by atoms with Crippen LogP contribution in [0, 0.1) is 17.3 Å². The minimum absolute atomic E-state index is 0.0547. The second-order valence-electron chi connectivity index (χ2n) is 6.52. The van der Waals surface area contributed by atoms with Gasteiger partial charge in [-0.2, -0.15) is 0 Å². The molecule has 0 saturated carbocycles. The zero-order chi connectivity index (χ0) is 17.2. The van der Waals surface area contributed by atoms with Gasteiger partial charge in [0.1, 0.15) is 5.76 Å². The zero-order valence-corrected chi connectivity index (χ0v) is 15.2. The van der Waals surface area contributed by atoms with Crippen molar-refractivity contribution < 1.29 is 9.90 Å².